The standard InChI is InChI=1S/C17H26ClN3O2/c1-14(23-16-7-4-3-6-15(16)18)17(22)19-8-5-9-21-12-10-20(2)11-13-21/h3-4,6-7,14H,5,8-13H2,1-2H3,(H,19,22)/t14-/m1/s1. The quantitative estimate of drug-likeness (QED) is 0.770. The number of halogens is 1. The van der Waals surface area contributed by atoms with Crippen molar-refractivity contribution in [2.75, 3.05) is 46.3 Å². The molecule has 6 heteroatoms. The molecule has 23 heavy (non-hydrogen) atoms. The van der Waals surface area contributed by atoms with Gasteiger partial charge >= 0.3 is 0 Å². The third kappa shape index (κ3) is 6.01. The highest BCUT2D eigenvalue weighted by molar-refractivity contribution is 6.32. The molecule has 1 aliphatic rings. The van der Waals surface area contributed by atoms with Gasteiger partial charge < -0.3 is 19.9 Å². The number of rotatable bonds is 7. The Morgan fingerprint density at radius 2 is 2.00 bits per heavy atom. The van der Waals surface area contributed by atoms with Gasteiger partial charge in [0.1, 0.15) is 5.75 Å². The molecular formula is C17H26ClN3O2. The van der Waals surface area contributed by atoms with E-state index < -0.39 is 6.10 Å². The number of para-hydroxylation sites is 1. The zero-order valence-electron chi connectivity index (χ0n) is 13.9. The number of carbonyl (C=O) groups excluding carboxylic acids is 1. The molecule has 1 fully saturated rings. The maximum absolute atomic E-state index is 12.1. The second-order valence-electron chi connectivity index (χ2n) is 5.98. The van der Waals surface area contributed by atoms with Crippen molar-refractivity contribution in [2.24, 2.45) is 0 Å². The van der Waals surface area contributed by atoms with E-state index >= 15 is 0 Å². The maximum atomic E-state index is 12.1. The van der Waals surface area contributed by atoms with Crippen molar-refractivity contribution >= 4 is 17.5 Å². The lowest BCUT2D eigenvalue weighted by atomic mass is 10.3. The van der Waals surface area contributed by atoms with Gasteiger partial charge in [0.25, 0.3) is 5.91 Å². The fraction of sp³-hybridized carbons (Fsp3) is 0.588. The van der Waals surface area contributed by atoms with Crippen LogP contribution in [-0.4, -0.2) is 68.1 Å². The van der Waals surface area contributed by atoms with E-state index in [1.165, 1.54) is 0 Å². The van der Waals surface area contributed by atoms with Crippen LogP contribution in [0.2, 0.25) is 5.02 Å². The monoisotopic (exact) mass is 339 g/mol. The number of nitrogens with zero attached hydrogens (tertiary/aromatic N) is 2. The van der Waals surface area contributed by atoms with Crippen molar-refractivity contribution in [3.8, 4) is 5.75 Å². The first-order valence-electron chi connectivity index (χ1n) is 8.16. The number of hydrogen-bond donors (Lipinski definition) is 1. The molecule has 0 aromatic heterocycles. The molecule has 0 aliphatic carbocycles. The largest absolute Gasteiger partial charge is 0.479 e. The summed E-state index contributed by atoms with van der Waals surface area (Å²) in [6.07, 6.45) is 0.396. The third-order valence-electron chi connectivity index (χ3n) is 4.06. The predicted octanol–water partition coefficient (Wildman–Crippen LogP) is 1.86. The fourth-order valence-corrected chi connectivity index (χ4v) is 2.69. The second-order valence-corrected chi connectivity index (χ2v) is 6.39. The van der Waals surface area contributed by atoms with E-state index in [9.17, 15) is 4.79 Å². The van der Waals surface area contributed by atoms with Crippen LogP contribution in [0.15, 0.2) is 24.3 Å². The van der Waals surface area contributed by atoms with Crippen LogP contribution in [0.25, 0.3) is 0 Å². The smallest absolute Gasteiger partial charge is 0.260 e. The lowest BCUT2D eigenvalue weighted by Gasteiger charge is -2.32. The summed E-state index contributed by atoms with van der Waals surface area (Å²) in [5.74, 6) is 0.428. The molecule has 1 aromatic rings. The predicted molar refractivity (Wildman–Crippen MR) is 93.1 cm³/mol. The van der Waals surface area contributed by atoms with Crippen molar-refractivity contribution in [3.63, 3.8) is 0 Å². The average molecular weight is 340 g/mol. The molecule has 1 amide bonds. The fourth-order valence-electron chi connectivity index (χ4n) is 2.51. The van der Waals surface area contributed by atoms with E-state index in [-0.39, 0.29) is 5.91 Å². The molecule has 128 valence electrons. The summed E-state index contributed by atoms with van der Waals surface area (Å²) in [7, 11) is 2.15. The van der Waals surface area contributed by atoms with E-state index in [2.05, 4.69) is 22.2 Å². The minimum Gasteiger partial charge on any atom is -0.479 e. The van der Waals surface area contributed by atoms with Crippen LogP contribution in [0.3, 0.4) is 0 Å². The van der Waals surface area contributed by atoms with Gasteiger partial charge in [0.2, 0.25) is 0 Å². The number of carbonyl (C=O) groups is 1. The summed E-state index contributed by atoms with van der Waals surface area (Å²) in [4.78, 5) is 16.8. The molecule has 1 atom stereocenters. The summed E-state index contributed by atoms with van der Waals surface area (Å²) in [6, 6.07) is 7.18. The van der Waals surface area contributed by atoms with Crippen LogP contribution in [0.5, 0.6) is 5.75 Å². The number of piperazine rings is 1. The van der Waals surface area contributed by atoms with Crippen molar-refractivity contribution in [1.82, 2.24) is 15.1 Å². The molecule has 0 spiro atoms. The minimum absolute atomic E-state index is 0.108. The molecule has 1 N–H and O–H groups in total. The number of hydrogen-bond acceptors (Lipinski definition) is 4. The number of amides is 1. The Morgan fingerprint density at radius 1 is 1.30 bits per heavy atom. The lowest BCUT2D eigenvalue weighted by Crippen LogP contribution is -2.45. The Kier molecular flexibility index (Phi) is 7.15. The first-order chi connectivity index (χ1) is 11.1. The first-order valence-corrected chi connectivity index (χ1v) is 8.54. The van der Waals surface area contributed by atoms with E-state index in [0.717, 1.165) is 39.1 Å². The molecule has 1 heterocycles. The van der Waals surface area contributed by atoms with Crippen LogP contribution in [0, 0.1) is 0 Å². The summed E-state index contributed by atoms with van der Waals surface area (Å²) in [5, 5.41) is 3.44. The van der Waals surface area contributed by atoms with Crippen molar-refractivity contribution in [1.29, 1.82) is 0 Å². The Bertz CT molecular complexity index is 504. The number of likely N-dealkylation sites (N-methyl/N-ethyl adjacent to an activating group) is 1. The van der Waals surface area contributed by atoms with E-state index in [0.29, 0.717) is 17.3 Å². The van der Waals surface area contributed by atoms with Crippen LogP contribution < -0.4 is 10.1 Å². The van der Waals surface area contributed by atoms with Gasteiger partial charge in [0.05, 0.1) is 5.02 Å². The Balaban J connectivity index is 1.63. The Labute approximate surface area is 143 Å². The zero-order chi connectivity index (χ0) is 16.7. The van der Waals surface area contributed by atoms with Gasteiger partial charge in [-0.2, -0.15) is 0 Å². The molecular weight excluding hydrogens is 314 g/mol. The van der Waals surface area contributed by atoms with E-state index in [1.807, 2.05) is 12.1 Å². The SMILES string of the molecule is C[C@@H](Oc1ccccc1Cl)C(=O)NCCCN1CCN(C)CC1. The van der Waals surface area contributed by atoms with Gasteiger partial charge in [0, 0.05) is 32.7 Å². The minimum atomic E-state index is -0.557. The maximum Gasteiger partial charge on any atom is 0.260 e. The first kappa shape index (κ1) is 18.0. The number of benzene rings is 1. The van der Waals surface area contributed by atoms with Crippen LogP contribution >= 0.6 is 11.6 Å². The Morgan fingerprint density at radius 3 is 2.70 bits per heavy atom. The lowest BCUT2D eigenvalue weighted by molar-refractivity contribution is -0.127. The number of ether oxygens (including phenoxy) is 1. The molecule has 0 radical (unpaired) electrons. The zero-order valence-corrected chi connectivity index (χ0v) is 14.7. The molecule has 0 unspecified atom stereocenters. The second kappa shape index (κ2) is 9.11. The Hall–Kier alpha value is -1.30. The van der Waals surface area contributed by atoms with Gasteiger partial charge in [0.15, 0.2) is 6.10 Å². The number of nitrogens with one attached hydrogen (secondary N) is 1. The average Bonchev–Trinajstić information content (AvgIpc) is 2.55. The summed E-state index contributed by atoms with van der Waals surface area (Å²) in [5.41, 5.74) is 0. The van der Waals surface area contributed by atoms with Crippen LogP contribution in [0.4, 0.5) is 0 Å². The summed E-state index contributed by atoms with van der Waals surface area (Å²) in [6.45, 7) is 7.88. The van der Waals surface area contributed by atoms with Crippen LogP contribution in [-0.2, 0) is 4.79 Å². The van der Waals surface area contributed by atoms with Gasteiger partial charge in [-0.15, -0.1) is 0 Å². The van der Waals surface area contributed by atoms with E-state index in [4.69, 9.17) is 16.3 Å². The van der Waals surface area contributed by atoms with E-state index in [1.54, 1.807) is 19.1 Å². The van der Waals surface area contributed by atoms with Crippen LogP contribution in [0.1, 0.15) is 13.3 Å². The van der Waals surface area contributed by atoms with Gasteiger partial charge in [-0.3, -0.25) is 4.79 Å². The molecule has 0 bridgehead atoms. The highest BCUT2D eigenvalue weighted by Crippen LogP contribution is 2.24. The van der Waals surface area contributed by atoms with Gasteiger partial charge in [-0.25, -0.2) is 0 Å². The molecule has 0 saturated carbocycles. The molecule has 1 saturated heterocycles. The van der Waals surface area contributed by atoms with Crippen molar-refractivity contribution in [3.05, 3.63) is 29.3 Å². The van der Waals surface area contributed by atoms with Crippen molar-refractivity contribution < 1.29 is 9.53 Å². The third-order valence-corrected chi connectivity index (χ3v) is 4.37. The summed E-state index contributed by atoms with van der Waals surface area (Å²) >= 11 is 6.03. The van der Waals surface area contributed by atoms with Crippen molar-refractivity contribution in [2.45, 2.75) is 19.4 Å². The summed E-state index contributed by atoms with van der Waals surface area (Å²) < 4.78 is 5.61. The molecule has 1 aliphatic heterocycles. The topological polar surface area (TPSA) is 44.8 Å². The molecule has 2 rings (SSSR count). The highest BCUT2D eigenvalue weighted by Gasteiger charge is 2.16. The van der Waals surface area contributed by atoms with Gasteiger partial charge in [-0.05, 0) is 39.1 Å². The molecule has 5 nitrogen and oxygen atoms in total. The molecule has 1 aromatic carbocycles. The normalized spacial score (nSPS) is 17.7. The highest BCUT2D eigenvalue weighted by atomic mass is 35.5. The van der Waals surface area contributed by atoms with Gasteiger partial charge in [-0.1, -0.05) is 23.7 Å².